The minimum absolute atomic E-state index is 0.350. The molecule has 0 spiro atoms. The highest BCUT2D eigenvalue weighted by Gasteiger charge is 2.21. The zero-order valence-electron chi connectivity index (χ0n) is 18.3. The van der Waals surface area contributed by atoms with Crippen LogP contribution < -0.4 is 21.3 Å². The van der Waals surface area contributed by atoms with E-state index in [9.17, 15) is 4.79 Å². The molecule has 33 heavy (non-hydrogen) atoms. The van der Waals surface area contributed by atoms with Crippen LogP contribution in [0.3, 0.4) is 0 Å². The predicted molar refractivity (Wildman–Crippen MR) is 134 cm³/mol. The summed E-state index contributed by atoms with van der Waals surface area (Å²) in [5.41, 5.74) is 10.2. The highest BCUT2D eigenvalue weighted by atomic mass is 35.5. The molecule has 0 aliphatic carbocycles. The van der Waals surface area contributed by atoms with E-state index >= 15 is 0 Å². The van der Waals surface area contributed by atoms with Crippen molar-refractivity contribution in [3.05, 3.63) is 77.6 Å². The van der Waals surface area contributed by atoms with E-state index in [2.05, 4.69) is 20.5 Å². The van der Waals surface area contributed by atoms with Gasteiger partial charge in [0, 0.05) is 48.4 Å². The summed E-state index contributed by atoms with van der Waals surface area (Å²) in [5, 5.41) is 6.85. The maximum absolute atomic E-state index is 12.5. The van der Waals surface area contributed by atoms with E-state index in [1.54, 1.807) is 18.2 Å². The van der Waals surface area contributed by atoms with Gasteiger partial charge in [-0.3, -0.25) is 10.3 Å². The summed E-state index contributed by atoms with van der Waals surface area (Å²) in [6, 6.07) is 16.9. The maximum Gasteiger partial charge on any atom is 0.411 e. The third kappa shape index (κ3) is 6.52. The Morgan fingerprint density at radius 1 is 1.06 bits per heavy atom. The summed E-state index contributed by atoms with van der Waals surface area (Å²) in [6.45, 7) is 2.85. The van der Waals surface area contributed by atoms with E-state index < -0.39 is 6.09 Å². The van der Waals surface area contributed by atoms with Gasteiger partial charge in [-0.15, -0.1) is 0 Å². The standard InChI is InChI=1S/C25H28ClN5O2/c26-20-3-1-18(2-4-20)16-29-24-15-21(27)5-6-23(24)30-25(32)33-17-19-9-13-31(14-10-19)22-7-11-28-12-8-22/h1-8,11-12,15,19,29H,9-10,13-14,16-17,27H2,(H,30,32). The molecule has 4 rings (SSSR count). The summed E-state index contributed by atoms with van der Waals surface area (Å²) in [5.74, 6) is 0.350. The van der Waals surface area contributed by atoms with Gasteiger partial charge in [0.1, 0.15) is 0 Å². The minimum atomic E-state index is -0.467. The Bertz CT molecular complexity index is 1050. The lowest BCUT2D eigenvalue weighted by Crippen LogP contribution is -2.35. The van der Waals surface area contributed by atoms with Crippen LogP contribution in [-0.4, -0.2) is 30.8 Å². The molecule has 172 valence electrons. The lowest BCUT2D eigenvalue weighted by atomic mass is 9.97. The second-order valence-corrected chi connectivity index (χ2v) is 8.58. The molecule has 0 bridgehead atoms. The Morgan fingerprint density at radius 2 is 1.79 bits per heavy atom. The van der Waals surface area contributed by atoms with Crippen molar-refractivity contribution in [3.8, 4) is 0 Å². The quantitative estimate of drug-likeness (QED) is 0.405. The molecule has 4 N–H and O–H groups in total. The van der Waals surface area contributed by atoms with Gasteiger partial charge < -0.3 is 20.7 Å². The van der Waals surface area contributed by atoms with E-state index in [4.69, 9.17) is 22.1 Å². The number of piperidine rings is 1. The molecule has 2 aromatic carbocycles. The van der Waals surface area contributed by atoms with Gasteiger partial charge in [-0.05, 0) is 66.8 Å². The van der Waals surface area contributed by atoms with Gasteiger partial charge in [0.25, 0.3) is 0 Å². The van der Waals surface area contributed by atoms with E-state index in [0.29, 0.717) is 35.5 Å². The highest BCUT2D eigenvalue weighted by Crippen LogP contribution is 2.26. The maximum atomic E-state index is 12.5. The number of nitrogens with zero attached hydrogens (tertiary/aromatic N) is 2. The number of halogens is 1. The number of ether oxygens (including phenoxy) is 1. The summed E-state index contributed by atoms with van der Waals surface area (Å²) >= 11 is 5.95. The second-order valence-electron chi connectivity index (χ2n) is 8.14. The molecule has 0 radical (unpaired) electrons. The Balaban J connectivity index is 1.26. The number of aromatic nitrogens is 1. The third-order valence-corrected chi connectivity index (χ3v) is 6.02. The number of carbonyl (C=O) groups excluding carboxylic acids is 1. The fourth-order valence-electron chi connectivity index (χ4n) is 3.87. The van der Waals surface area contributed by atoms with Crippen LogP contribution in [-0.2, 0) is 11.3 Å². The number of pyridine rings is 1. The van der Waals surface area contributed by atoms with Crippen molar-refractivity contribution in [2.24, 2.45) is 5.92 Å². The van der Waals surface area contributed by atoms with Crippen molar-refractivity contribution in [2.75, 3.05) is 41.0 Å². The van der Waals surface area contributed by atoms with Crippen molar-refractivity contribution in [3.63, 3.8) is 0 Å². The topological polar surface area (TPSA) is 92.5 Å². The van der Waals surface area contributed by atoms with Gasteiger partial charge in [0.15, 0.2) is 0 Å². The lowest BCUT2D eigenvalue weighted by molar-refractivity contribution is 0.133. The Kier molecular flexibility index (Phi) is 7.52. The molecule has 1 saturated heterocycles. The van der Waals surface area contributed by atoms with Gasteiger partial charge in [0.05, 0.1) is 18.0 Å². The molecule has 1 aliphatic rings. The first-order valence-corrected chi connectivity index (χ1v) is 11.4. The number of benzene rings is 2. The molecule has 3 aromatic rings. The third-order valence-electron chi connectivity index (χ3n) is 5.77. The Labute approximate surface area is 198 Å². The van der Waals surface area contributed by atoms with Gasteiger partial charge >= 0.3 is 6.09 Å². The molecule has 0 saturated carbocycles. The number of nitrogen functional groups attached to an aromatic ring is 1. The van der Waals surface area contributed by atoms with Crippen LogP contribution in [0.4, 0.5) is 27.5 Å². The predicted octanol–water partition coefficient (Wildman–Crippen LogP) is 5.39. The summed E-state index contributed by atoms with van der Waals surface area (Å²) < 4.78 is 5.54. The summed E-state index contributed by atoms with van der Waals surface area (Å²) in [4.78, 5) is 18.9. The van der Waals surface area contributed by atoms with E-state index in [-0.39, 0.29) is 0 Å². The summed E-state index contributed by atoms with van der Waals surface area (Å²) in [6.07, 6.45) is 5.11. The first kappa shape index (κ1) is 22.7. The second kappa shape index (κ2) is 10.9. The number of anilines is 4. The van der Waals surface area contributed by atoms with Crippen molar-refractivity contribution >= 4 is 40.4 Å². The number of carbonyl (C=O) groups is 1. The monoisotopic (exact) mass is 465 g/mol. The van der Waals surface area contributed by atoms with Crippen molar-refractivity contribution in [1.29, 1.82) is 0 Å². The van der Waals surface area contributed by atoms with Crippen molar-refractivity contribution < 1.29 is 9.53 Å². The normalized spacial score (nSPS) is 14.0. The van der Waals surface area contributed by atoms with Crippen LogP contribution in [0.5, 0.6) is 0 Å². The average molecular weight is 466 g/mol. The molecule has 1 amide bonds. The van der Waals surface area contributed by atoms with E-state index in [1.165, 1.54) is 5.69 Å². The number of nitrogens with one attached hydrogen (secondary N) is 2. The smallest absolute Gasteiger partial charge is 0.411 e. The molecule has 0 unspecified atom stereocenters. The lowest BCUT2D eigenvalue weighted by Gasteiger charge is -2.33. The molecular weight excluding hydrogens is 438 g/mol. The first-order valence-electron chi connectivity index (χ1n) is 11.0. The van der Waals surface area contributed by atoms with Crippen molar-refractivity contribution in [2.45, 2.75) is 19.4 Å². The number of hydrogen-bond donors (Lipinski definition) is 3. The van der Waals surface area contributed by atoms with E-state index in [0.717, 1.165) is 37.2 Å². The van der Waals surface area contributed by atoms with Crippen LogP contribution in [0.2, 0.25) is 5.02 Å². The minimum Gasteiger partial charge on any atom is -0.449 e. The van der Waals surface area contributed by atoms with Crippen LogP contribution in [0.25, 0.3) is 0 Å². The van der Waals surface area contributed by atoms with Gasteiger partial charge in [-0.25, -0.2) is 4.79 Å². The Morgan fingerprint density at radius 3 is 2.52 bits per heavy atom. The molecule has 0 atom stereocenters. The SMILES string of the molecule is Nc1ccc(NC(=O)OCC2CCN(c3ccncc3)CC2)c(NCc2ccc(Cl)cc2)c1. The largest absolute Gasteiger partial charge is 0.449 e. The zero-order chi connectivity index (χ0) is 23.0. The van der Waals surface area contributed by atoms with Crippen LogP contribution in [0.15, 0.2) is 67.0 Å². The number of rotatable bonds is 7. The van der Waals surface area contributed by atoms with Crippen molar-refractivity contribution in [1.82, 2.24) is 4.98 Å². The molecule has 1 aromatic heterocycles. The molecule has 2 heterocycles. The fourth-order valence-corrected chi connectivity index (χ4v) is 3.99. The molecule has 7 nitrogen and oxygen atoms in total. The molecular formula is C25H28ClN5O2. The van der Waals surface area contributed by atoms with Crippen LogP contribution >= 0.6 is 11.6 Å². The van der Waals surface area contributed by atoms with E-state index in [1.807, 2.05) is 48.8 Å². The van der Waals surface area contributed by atoms with Gasteiger partial charge in [-0.2, -0.15) is 0 Å². The zero-order valence-corrected chi connectivity index (χ0v) is 19.1. The Hall–Kier alpha value is -3.45. The van der Waals surface area contributed by atoms with Gasteiger partial charge in [0.2, 0.25) is 0 Å². The highest BCUT2D eigenvalue weighted by molar-refractivity contribution is 6.30. The molecule has 1 fully saturated rings. The van der Waals surface area contributed by atoms with Crippen LogP contribution in [0.1, 0.15) is 18.4 Å². The molecule has 8 heteroatoms. The summed E-state index contributed by atoms with van der Waals surface area (Å²) in [7, 11) is 0. The van der Waals surface area contributed by atoms with Gasteiger partial charge in [-0.1, -0.05) is 23.7 Å². The molecule has 1 aliphatic heterocycles. The van der Waals surface area contributed by atoms with Crippen LogP contribution in [0, 0.1) is 5.92 Å². The number of amides is 1. The average Bonchev–Trinajstić information content (AvgIpc) is 2.85. The number of nitrogens with two attached hydrogens (primary N) is 1. The first-order chi connectivity index (χ1) is 16.1. The number of hydrogen-bond acceptors (Lipinski definition) is 6. The fraction of sp³-hybridized carbons (Fsp3) is 0.280.